The van der Waals surface area contributed by atoms with Gasteiger partial charge in [0.1, 0.15) is 9.96 Å². The number of rotatable bonds is 9. The van der Waals surface area contributed by atoms with E-state index in [0.717, 1.165) is 11.3 Å². The lowest BCUT2D eigenvalue weighted by molar-refractivity contribution is -0.135. The molecule has 0 bridgehead atoms. The first-order chi connectivity index (χ1) is 13.3. The van der Waals surface area contributed by atoms with Crippen molar-refractivity contribution < 1.29 is 22.7 Å². The molecular formula is C18H23N3O5S2. The van der Waals surface area contributed by atoms with Crippen LogP contribution in [-0.2, 0) is 19.6 Å². The van der Waals surface area contributed by atoms with Crippen LogP contribution in [0.1, 0.15) is 13.8 Å². The summed E-state index contributed by atoms with van der Waals surface area (Å²) in [4.78, 5) is 26.2. The predicted molar refractivity (Wildman–Crippen MR) is 108 cm³/mol. The van der Waals surface area contributed by atoms with Crippen LogP contribution in [0.25, 0.3) is 0 Å². The van der Waals surface area contributed by atoms with Crippen LogP contribution in [-0.4, -0.2) is 51.4 Å². The van der Waals surface area contributed by atoms with E-state index in [9.17, 15) is 18.0 Å². The molecule has 28 heavy (non-hydrogen) atoms. The molecule has 8 nitrogen and oxygen atoms in total. The highest BCUT2D eigenvalue weighted by Gasteiger charge is 2.26. The van der Waals surface area contributed by atoms with E-state index >= 15 is 0 Å². The zero-order valence-electron chi connectivity index (χ0n) is 15.8. The number of likely N-dealkylation sites (N-methyl/N-ethyl adjacent to an activating group) is 1. The molecule has 152 valence electrons. The van der Waals surface area contributed by atoms with Gasteiger partial charge in [-0.15, -0.1) is 11.3 Å². The number of carbonyl (C=O) groups excluding carboxylic acids is 2. The fourth-order valence-electron chi connectivity index (χ4n) is 2.45. The Morgan fingerprint density at radius 1 is 1.25 bits per heavy atom. The minimum Gasteiger partial charge on any atom is -0.497 e. The lowest BCUT2D eigenvalue weighted by atomic mass is 10.2. The molecule has 10 heteroatoms. The van der Waals surface area contributed by atoms with Crippen LogP contribution in [0, 0.1) is 0 Å². The fourth-order valence-corrected chi connectivity index (χ4v) is 4.66. The van der Waals surface area contributed by atoms with Gasteiger partial charge in [0, 0.05) is 18.3 Å². The zero-order chi connectivity index (χ0) is 20.7. The summed E-state index contributed by atoms with van der Waals surface area (Å²) in [7, 11) is -2.26. The summed E-state index contributed by atoms with van der Waals surface area (Å²) in [6, 6.07) is 8.93. The van der Waals surface area contributed by atoms with E-state index in [1.807, 2.05) is 0 Å². The second-order valence-electron chi connectivity index (χ2n) is 5.91. The van der Waals surface area contributed by atoms with E-state index < -0.39 is 27.9 Å². The van der Waals surface area contributed by atoms with Crippen LogP contribution in [0.5, 0.6) is 5.75 Å². The summed E-state index contributed by atoms with van der Waals surface area (Å²) in [5.74, 6) is -0.280. The molecular weight excluding hydrogens is 402 g/mol. The molecule has 0 saturated carbocycles. The first-order valence-electron chi connectivity index (χ1n) is 8.55. The van der Waals surface area contributed by atoms with Crippen molar-refractivity contribution in [2.75, 3.05) is 25.5 Å². The Bertz CT molecular complexity index is 913. The maximum Gasteiger partial charge on any atom is 0.250 e. The van der Waals surface area contributed by atoms with Gasteiger partial charge in [0.2, 0.25) is 11.8 Å². The lowest BCUT2D eigenvalue weighted by Gasteiger charge is -2.24. The number of methoxy groups -OCH3 is 1. The van der Waals surface area contributed by atoms with E-state index in [0.29, 0.717) is 11.4 Å². The van der Waals surface area contributed by atoms with Gasteiger partial charge in [-0.25, -0.2) is 8.42 Å². The van der Waals surface area contributed by atoms with E-state index in [4.69, 9.17) is 4.74 Å². The topological polar surface area (TPSA) is 105 Å². The average Bonchev–Trinajstić information content (AvgIpc) is 3.21. The molecule has 0 aliphatic rings. The summed E-state index contributed by atoms with van der Waals surface area (Å²) in [6.07, 6.45) is 0. The molecule has 0 aliphatic carbocycles. The van der Waals surface area contributed by atoms with E-state index in [-0.39, 0.29) is 17.3 Å². The van der Waals surface area contributed by atoms with Crippen molar-refractivity contribution >= 4 is 38.9 Å². The third-order valence-electron chi connectivity index (χ3n) is 3.84. The number of benzene rings is 1. The van der Waals surface area contributed by atoms with Gasteiger partial charge >= 0.3 is 0 Å². The summed E-state index contributed by atoms with van der Waals surface area (Å²) in [5, 5.41) is 4.34. The minimum atomic E-state index is -3.78. The van der Waals surface area contributed by atoms with Crippen molar-refractivity contribution in [3.8, 4) is 5.75 Å². The second kappa shape index (κ2) is 9.67. The smallest absolute Gasteiger partial charge is 0.250 e. The molecule has 0 fully saturated rings. The molecule has 1 aromatic heterocycles. The number of thiophene rings is 1. The number of nitrogens with zero attached hydrogens (tertiary/aromatic N) is 1. The average molecular weight is 426 g/mol. The predicted octanol–water partition coefficient (Wildman–Crippen LogP) is 1.91. The quantitative estimate of drug-likeness (QED) is 0.639. The number of hydrogen-bond acceptors (Lipinski definition) is 6. The van der Waals surface area contributed by atoms with Crippen LogP contribution in [0.15, 0.2) is 46.0 Å². The maximum atomic E-state index is 12.6. The highest BCUT2D eigenvalue weighted by atomic mass is 32.2. The second-order valence-corrected chi connectivity index (χ2v) is 8.80. The van der Waals surface area contributed by atoms with Gasteiger partial charge < -0.3 is 15.0 Å². The first-order valence-corrected chi connectivity index (χ1v) is 10.9. The molecule has 0 spiro atoms. The van der Waals surface area contributed by atoms with Gasteiger partial charge in [0.25, 0.3) is 10.0 Å². The van der Waals surface area contributed by atoms with Gasteiger partial charge in [-0.1, -0.05) is 12.1 Å². The highest BCUT2D eigenvalue weighted by molar-refractivity contribution is 7.91. The Morgan fingerprint density at radius 2 is 2.00 bits per heavy atom. The normalized spacial score (nSPS) is 12.2. The Morgan fingerprint density at radius 3 is 2.61 bits per heavy atom. The standard InChI is InChI=1S/C18H23N3O5S2/c1-4-21(12-16(22)19-14-7-5-8-15(11-14)26-3)18(23)13(2)20-28(24,25)17-9-6-10-27-17/h5-11,13,20H,4,12H2,1-3H3,(H,19,22). The van der Waals surface area contributed by atoms with Gasteiger partial charge in [-0.3, -0.25) is 9.59 Å². The van der Waals surface area contributed by atoms with Crippen LogP contribution >= 0.6 is 11.3 Å². The molecule has 0 radical (unpaired) electrons. The van der Waals surface area contributed by atoms with Gasteiger partial charge in [-0.2, -0.15) is 4.72 Å². The van der Waals surface area contributed by atoms with E-state index in [1.54, 1.807) is 42.6 Å². The third-order valence-corrected chi connectivity index (χ3v) is 6.78. The maximum absolute atomic E-state index is 12.6. The summed E-state index contributed by atoms with van der Waals surface area (Å²) >= 11 is 1.06. The number of amides is 2. The third kappa shape index (κ3) is 5.78. The Labute approximate surface area is 168 Å². The largest absolute Gasteiger partial charge is 0.497 e. The molecule has 1 unspecified atom stereocenters. The van der Waals surface area contributed by atoms with Gasteiger partial charge in [-0.05, 0) is 37.4 Å². The molecule has 1 heterocycles. The van der Waals surface area contributed by atoms with Crippen molar-refractivity contribution in [3.05, 3.63) is 41.8 Å². The van der Waals surface area contributed by atoms with Crippen LogP contribution in [0.2, 0.25) is 0 Å². The van der Waals surface area contributed by atoms with Crippen LogP contribution in [0.3, 0.4) is 0 Å². The Balaban J connectivity index is 1.99. The molecule has 1 aromatic carbocycles. The van der Waals surface area contributed by atoms with Gasteiger partial charge in [0.05, 0.1) is 19.7 Å². The minimum absolute atomic E-state index is 0.131. The molecule has 2 aromatic rings. The molecule has 2 amide bonds. The van der Waals surface area contributed by atoms with Crippen molar-refractivity contribution in [2.24, 2.45) is 0 Å². The van der Waals surface area contributed by atoms with E-state index in [2.05, 4.69) is 10.0 Å². The molecule has 1 atom stereocenters. The summed E-state index contributed by atoms with van der Waals surface area (Å²) in [6.45, 7) is 3.24. The van der Waals surface area contributed by atoms with Crippen LogP contribution in [0.4, 0.5) is 5.69 Å². The van der Waals surface area contributed by atoms with Gasteiger partial charge in [0.15, 0.2) is 0 Å². The number of hydrogen-bond donors (Lipinski definition) is 2. The lowest BCUT2D eigenvalue weighted by Crippen LogP contribution is -2.48. The van der Waals surface area contributed by atoms with Crippen molar-refractivity contribution in [3.63, 3.8) is 0 Å². The number of ether oxygens (including phenoxy) is 1. The first kappa shape index (κ1) is 21.9. The Hall–Kier alpha value is -2.43. The molecule has 2 rings (SSSR count). The molecule has 0 aliphatic heterocycles. The summed E-state index contributed by atoms with van der Waals surface area (Å²) < 4.78 is 32.2. The number of nitrogens with one attached hydrogen (secondary N) is 2. The van der Waals surface area contributed by atoms with E-state index in [1.165, 1.54) is 25.0 Å². The summed E-state index contributed by atoms with van der Waals surface area (Å²) in [5.41, 5.74) is 0.541. The molecule has 0 saturated heterocycles. The Kier molecular flexibility index (Phi) is 7.55. The zero-order valence-corrected chi connectivity index (χ0v) is 17.5. The number of carbonyl (C=O) groups is 2. The molecule has 2 N–H and O–H groups in total. The number of anilines is 1. The monoisotopic (exact) mass is 425 g/mol. The highest BCUT2D eigenvalue weighted by Crippen LogP contribution is 2.17. The van der Waals surface area contributed by atoms with Crippen LogP contribution < -0.4 is 14.8 Å². The fraction of sp³-hybridized carbons (Fsp3) is 0.333. The van der Waals surface area contributed by atoms with Crippen molar-refractivity contribution in [1.29, 1.82) is 0 Å². The van der Waals surface area contributed by atoms with Crippen molar-refractivity contribution in [2.45, 2.75) is 24.1 Å². The van der Waals surface area contributed by atoms with Crippen molar-refractivity contribution in [1.82, 2.24) is 9.62 Å². The SMILES string of the molecule is CCN(CC(=O)Nc1cccc(OC)c1)C(=O)C(C)NS(=O)(=O)c1cccs1. The number of sulfonamides is 1.